The number of ether oxygens (including phenoxy) is 1. The van der Waals surface area contributed by atoms with Crippen LogP contribution in [0.3, 0.4) is 0 Å². The Labute approximate surface area is 190 Å². The number of pyridine rings is 2. The molecular formula is C25H24N4O2S. The molecular weight excluding hydrogens is 420 g/mol. The van der Waals surface area contributed by atoms with E-state index in [1.807, 2.05) is 54.9 Å². The molecule has 32 heavy (non-hydrogen) atoms. The second-order valence-corrected chi connectivity index (χ2v) is 9.15. The fourth-order valence-electron chi connectivity index (χ4n) is 4.26. The first kappa shape index (κ1) is 20.6. The normalized spacial score (nSPS) is 18.4. The van der Waals surface area contributed by atoms with E-state index in [4.69, 9.17) is 9.72 Å². The number of methoxy groups -OCH3 is 1. The summed E-state index contributed by atoms with van der Waals surface area (Å²) >= 11 is 1.69. The van der Waals surface area contributed by atoms with E-state index in [0.717, 1.165) is 63.7 Å². The lowest BCUT2D eigenvalue weighted by atomic mass is 9.82. The molecule has 3 heterocycles. The quantitative estimate of drug-likeness (QED) is 0.384. The average molecular weight is 445 g/mol. The lowest BCUT2D eigenvalue weighted by Crippen LogP contribution is -2.22. The summed E-state index contributed by atoms with van der Waals surface area (Å²) in [5, 5.41) is 6.68. The van der Waals surface area contributed by atoms with Gasteiger partial charge in [-0.1, -0.05) is 30.3 Å². The van der Waals surface area contributed by atoms with Gasteiger partial charge in [0.05, 0.1) is 28.6 Å². The standard InChI is InChI=1S/C25H24N4O2S/c1-31-25(30)17-11-9-16(10-12-17)24-27-15-21(32-24)20-7-4-8-22(28-20)29-23-13-18-5-2-3-6-19(18)14-26-23/h2-8,13-17H,9-12H2,1H3,(H,26,28,29). The Balaban J connectivity index is 1.29. The maximum Gasteiger partial charge on any atom is 0.308 e. The van der Waals surface area contributed by atoms with Crippen LogP contribution in [0.4, 0.5) is 11.6 Å². The highest BCUT2D eigenvalue weighted by atomic mass is 32.1. The molecule has 0 amide bonds. The number of carbonyl (C=O) groups excluding carboxylic acids is 1. The molecule has 4 aromatic rings. The molecule has 1 saturated carbocycles. The fraction of sp³-hybridized carbons (Fsp3) is 0.280. The zero-order valence-corrected chi connectivity index (χ0v) is 18.6. The molecule has 1 N–H and O–H groups in total. The van der Waals surface area contributed by atoms with Crippen molar-refractivity contribution in [2.75, 3.05) is 12.4 Å². The number of esters is 1. The summed E-state index contributed by atoms with van der Waals surface area (Å²) in [6.45, 7) is 0. The predicted molar refractivity (Wildman–Crippen MR) is 127 cm³/mol. The lowest BCUT2D eigenvalue weighted by Gasteiger charge is -2.25. The third kappa shape index (κ3) is 4.34. The maximum absolute atomic E-state index is 11.8. The van der Waals surface area contributed by atoms with Gasteiger partial charge in [0, 0.05) is 23.7 Å². The Morgan fingerprint density at radius 1 is 0.969 bits per heavy atom. The van der Waals surface area contributed by atoms with Crippen molar-refractivity contribution < 1.29 is 9.53 Å². The van der Waals surface area contributed by atoms with E-state index < -0.39 is 0 Å². The molecule has 5 rings (SSSR count). The number of nitrogens with zero attached hydrogens (tertiary/aromatic N) is 3. The third-order valence-corrected chi connectivity index (χ3v) is 7.21. The summed E-state index contributed by atoms with van der Waals surface area (Å²) in [4.78, 5) is 26.8. The molecule has 3 aromatic heterocycles. The molecule has 0 unspecified atom stereocenters. The number of rotatable bonds is 5. The van der Waals surface area contributed by atoms with Crippen LogP contribution in [0.5, 0.6) is 0 Å². The first-order chi connectivity index (χ1) is 15.7. The smallest absolute Gasteiger partial charge is 0.308 e. The van der Waals surface area contributed by atoms with Crippen LogP contribution < -0.4 is 5.32 Å². The number of nitrogens with one attached hydrogen (secondary N) is 1. The molecule has 0 saturated heterocycles. The van der Waals surface area contributed by atoms with Gasteiger partial charge in [-0.05, 0) is 49.3 Å². The second-order valence-electron chi connectivity index (χ2n) is 8.08. The van der Waals surface area contributed by atoms with E-state index >= 15 is 0 Å². The van der Waals surface area contributed by atoms with Crippen LogP contribution in [-0.2, 0) is 9.53 Å². The Bertz CT molecular complexity index is 1250. The highest BCUT2D eigenvalue weighted by molar-refractivity contribution is 7.15. The molecule has 0 bridgehead atoms. The van der Waals surface area contributed by atoms with E-state index in [1.165, 1.54) is 7.11 Å². The third-order valence-electron chi connectivity index (χ3n) is 6.02. The number of benzene rings is 1. The van der Waals surface area contributed by atoms with Gasteiger partial charge in [-0.2, -0.15) is 0 Å². The minimum Gasteiger partial charge on any atom is -0.469 e. The van der Waals surface area contributed by atoms with Crippen molar-refractivity contribution in [3.63, 3.8) is 0 Å². The summed E-state index contributed by atoms with van der Waals surface area (Å²) in [5.41, 5.74) is 0.891. The Kier molecular flexibility index (Phi) is 5.81. The van der Waals surface area contributed by atoms with Gasteiger partial charge in [-0.3, -0.25) is 4.79 Å². The van der Waals surface area contributed by atoms with E-state index in [-0.39, 0.29) is 11.9 Å². The van der Waals surface area contributed by atoms with Crippen LogP contribution in [-0.4, -0.2) is 28.0 Å². The topological polar surface area (TPSA) is 77.0 Å². The summed E-state index contributed by atoms with van der Waals surface area (Å²) in [6.07, 6.45) is 7.44. The zero-order valence-electron chi connectivity index (χ0n) is 17.8. The van der Waals surface area contributed by atoms with Crippen LogP contribution in [0.25, 0.3) is 21.3 Å². The average Bonchev–Trinajstić information content (AvgIpc) is 3.34. The van der Waals surface area contributed by atoms with E-state index in [1.54, 1.807) is 11.3 Å². The van der Waals surface area contributed by atoms with Gasteiger partial charge in [0.1, 0.15) is 11.6 Å². The molecule has 6 nitrogen and oxygen atoms in total. The molecule has 0 radical (unpaired) electrons. The van der Waals surface area contributed by atoms with Gasteiger partial charge in [0.15, 0.2) is 0 Å². The van der Waals surface area contributed by atoms with Gasteiger partial charge >= 0.3 is 5.97 Å². The maximum atomic E-state index is 11.8. The van der Waals surface area contributed by atoms with E-state index in [0.29, 0.717) is 5.92 Å². The number of thiazole rings is 1. The summed E-state index contributed by atoms with van der Waals surface area (Å²) in [7, 11) is 1.47. The molecule has 1 aliphatic rings. The minimum atomic E-state index is -0.0855. The van der Waals surface area contributed by atoms with Gasteiger partial charge in [0.25, 0.3) is 0 Å². The molecule has 0 spiro atoms. The molecule has 162 valence electrons. The number of hydrogen-bond acceptors (Lipinski definition) is 7. The Morgan fingerprint density at radius 2 is 1.78 bits per heavy atom. The first-order valence-corrected chi connectivity index (χ1v) is 11.6. The number of anilines is 2. The van der Waals surface area contributed by atoms with Crippen molar-refractivity contribution in [1.29, 1.82) is 0 Å². The molecule has 0 atom stereocenters. The van der Waals surface area contributed by atoms with Gasteiger partial charge in [-0.15, -0.1) is 11.3 Å². The predicted octanol–water partition coefficient (Wildman–Crippen LogP) is 5.94. The van der Waals surface area contributed by atoms with Crippen LogP contribution in [0.2, 0.25) is 0 Å². The molecule has 1 aliphatic carbocycles. The van der Waals surface area contributed by atoms with Crippen molar-refractivity contribution in [2.24, 2.45) is 5.92 Å². The second kappa shape index (κ2) is 9.04. The SMILES string of the molecule is COC(=O)C1CCC(c2ncc(-c3cccc(Nc4cc5ccccc5cn4)n3)s2)CC1. The number of aromatic nitrogens is 3. The van der Waals surface area contributed by atoms with Gasteiger partial charge in [-0.25, -0.2) is 15.0 Å². The number of fused-ring (bicyclic) bond motifs is 1. The monoisotopic (exact) mass is 444 g/mol. The minimum absolute atomic E-state index is 0.0313. The van der Waals surface area contributed by atoms with Crippen LogP contribution in [0.15, 0.2) is 60.9 Å². The summed E-state index contributed by atoms with van der Waals surface area (Å²) in [6, 6.07) is 16.1. The van der Waals surface area contributed by atoms with Crippen molar-refractivity contribution >= 4 is 39.7 Å². The first-order valence-electron chi connectivity index (χ1n) is 10.8. The Hall–Kier alpha value is -3.32. The van der Waals surface area contributed by atoms with Crippen molar-refractivity contribution in [3.05, 3.63) is 65.9 Å². The number of hydrogen-bond donors (Lipinski definition) is 1. The fourth-order valence-corrected chi connectivity index (χ4v) is 5.32. The number of carbonyl (C=O) groups is 1. The zero-order chi connectivity index (χ0) is 21.9. The van der Waals surface area contributed by atoms with Crippen LogP contribution in [0, 0.1) is 5.92 Å². The molecule has 1 fully saturated rings. The van der Waals surface area contributed by atoms with Gasteiger partial charge < -0.3 is 10.1 Å². The highest BCUT2D eigenvalue weighted by Gasteiger charge is 2.29. The van der Waals surface area contributed by atoms with Crippen molar-refractivity contribution in [3.8, 4) is 10.6 Å². The van der Waals surface area contributed by atoms with Crippen molar-refractivity contribution in [2.45, 2.75) is 31.6 Å². The lowest BCUT2D eigenvalue weighted by molar-refractivity contribution is -0.146. The van der Waals surface area contributed by atoms with Crippen LogP contribution in [0.1, 0.15) is 36.6 Å². The van der Waals surface area contributed by atoms with E-state index in [2.05, 4.69) is 21.4 Å². The van der Waals surface area contributed by atoms with Crippen LogP contribution >= 0.6 is 11.3 Å². The summed E-state index contributed by atoms with van der Waals surface area (Å²) < 4.78 is 4.90. The van der Waals surface area contributed by atoms with Crippen molar-refractivity contribution in [1.82, 2.24) is 15.0 Å². The molecule has 1 aromatic carbocycles. The highest BCUT2D eigenvalue weighted by Crippen LogP contribution is 2.39. The summed E-state index contributed by atoms with van der Waals surface area (Å²) in [5.74, 6) is 1.86. The largest absolute Gasteiger partial charge is 0.469 e. The Morgan fingerprint density at radius 3 is 2.59 bits per heavy atom. The molecule has 7 heteroatoms. The van der Waals surface area contributed by atoms with Gasteiger partial charge in [0.2, 0.25) is 0 Å². The van der Waals surface area contributed by atoms with E-state index in [9.17, 15) is 4.79 Å². The molecule has 0 aliphatic heterocycles.